The number of carbonyl (C=O) groups excluding carboxylic acids is 3. The van der Waals surface area contributed by atoms with E-state index in [9.17, 15) is 24.3 Å². The maximum atomic E-state index is 12.7. The number of allylic oxidation sites excluding steroid dienone is 2. The fourth-order valence-corrected chi connectivity index (χ4v) is 4.25. The summed E-state index contributed by atoms with van der Waals surface area (Å²) in [6, 6.07) is 13.6. The third-order valence-corrected chi connectivity index (χ3v) is 6.16. The first-order valence-electron chi connectivity index (χ1n) is 10.3. The maximum Gasteiger partial charge on any atom is 0.339 e. The highest BCUT2D eigenvalue weighted by Crippen LogP contribution is 2.28. The zero-order valence-electron chi connectivity index (χ0n) is 17.9. The van der Waals surface area contributed by atoms with Gasteiger partial charge in [-0.25, -0.2) is 4.79 Å². The third kappa shape index (κ3) is 6.45. The lowest BCUT2D eigenvalue weighted by Crippen LogP contribution is -2.34. The van der Waals surface area contributed by atoms with Crippen LogP contribution < -0.4 is 10.6 Å². The van der Waals surface area contributed by atoms with Crippen LogP contribution in [-0.4, -0.2) is 41.7 Å². The third-order valence-electron chi connectivity index (χ3n) is 5.16. The summed E-state index contributed by atoms with van der Waals surface area (Å²) in [7, 11) is 1.27. The molecule has 0 spiro atoms. The molecule has 0 heterocycles. The zero-order chi connectivity index (χ0) is 23.8. The van der Waals surface area contributed by atoms with Gasteiger partial charge in [0.05, 0.1) is 35.9 Å². The van der Waals surface area contributed by atoms with Gasteiger partial charge in [0, 0.05) is 10.6 Å². The van der Waals surface area contributed by atoms with E-state index in [0.717, 1.165) is 4.90 Å². The predicted molar refractivity (Wildman–Crippen MR) is 125 cm³/mol. The number of carboxylic acids is 1. The van der Waals surface area contributed by atoms with Crippen molar-refractivity contribution in [2.45, 2.75) is 17.7 Å². The maximum absolute atomic E-state index is 12.7. The lowest BCUT2D eigenvalue weighted by Gasteiger charge is -2.24. The second-order valence-electron chi connectivity index (χ2n) is 7.39. The number of nitrogens with one attached hydrogen (secondary N) is 2. The SMILES string of the molecule is COC(=O)c1ccccc1NC(=O)CSc1cccc(NC(=O)C2CC=CCC2C(=O)O)c1. The minimum atomic E-state index is -0.983. The Labute approximate surface area is 195 Å². The second-order valence-corrected chi connectivity index (χ2v) is 8.43. The molecular formula is C24H24N2O6S. The largest absolute Gasteiger partial charge is 0.481 e. The number of benzene rings is 2. The van der Waals surface area contributed by atoms with Crippen molar-refractivity contribution in [2.24, 2.45) is 11.8 Å². The Balaban J connectivity index is 1.59. The first-order chi connectivity index (χ1) is 15.9. The lowest BCUT2D eigenvalue weighted by molar-refractivity contribution is -0.146. The van der Waals surface area contributed by atoms with Gasteiger partial charge in [-0.1, -0.05) is 30.4 Å². The molecule has 0 aliphatic heterocycles. The number of hydrogen-bond acceptors (Lipinski definition) is 6. The molecule has 0 radical (unpaired) electrons. The molecular weight excluding hydrogens is 444 g/mol. The Morgan fingerprint density at radius 1 is 1.00 bits per heavy atom. The highest BCUT2D eigenvalue weighted by molar-refractivity contribution is 8.00. The summed E-state index contributed by atoms with van der Waals surface area (Å²) >= 11 is 1.27. The Bertz CT molecular complexity index is 1080. The standard InChI is InChI=1S/C24H24N2O6S/c1-32-24(31)19-11-4-5-12-20(19)26-21(27)14-33-16-8-6-7-15(13-16)25-22(28)17-9-2-3-10-18(17)23(29)30/h2-8,11-13,17-18H,9-10,14H2,1H3,(H,25,28)(H,26,27)(H,29,30). The van der Waals surface area contributed by atoms with Crippen LogP contribution in [0.15, 0.2) is 65.6 Å². The quantitative estimate of drug-likeness (QED) is 0.306. The van der Waals surface area contributed by atoms with Crippen molar-refractivity contribution in [1.82, 2.24) is 0 Å². The highest BCUT2D eigenvalue weighted by Gasteiger charge is 2.33. The van der Waals surface area contributed by atoms with Gasteiger partial charge in [-0.15, -0.1) is 11.8 Å². The molecule has 8 nitrogen and oxygen atoms in total. The van der Waals surface area contributed by atoms with E-state index in [0.29, 0.717) is 24.2 Å². The van der Waals surface area contributed by atoms with Crippen molar-refractivity contribution >= 4 is 46.9 Å². The summed E-state index contributed by atoms with van der Waals surface area (Å²) in [5.41, 5.74) is 1.16. The smallest absolute Gasteiger partial charge is 0.339 e. The first kappa shape index (κ1) is 24.1. The molecule has 172 valence electrons. The lowest BCUT2D eigenvalue weighted by atomic mass is 9.82. The normalized spacial score (nSPS) is 17.1. The number of aliphatic carboxylic acids is 1. The summed E-state index contributed by atoms with van der Waals surface area (Å²) in [6.45, 7) is 0. The van der Waals surface area contributed by atoms with E-state index in [1.807, 2.05) is 6.08 Å². The minimum absolute atomic E-state index is 0.0847. The van der Waals surface area contributed by atoms with Crippen LogP contribution in [0.1, 0.15) is 23.2 Å². The number of amides is 2. The van der Waals surface area contributed by atoms with E-state index in [2.05, 4.69) is 10.6 Å². The average molecular weight is 469 g/mol. The number of carboxylic acid groups (broad SMARTS) is 1. The van der Waals surface area contributed by atoms with Crippen molar-refractivity contribution in [3.63, 3.8) is 0 Å². The van der Waals surface area contributed by atoms with Gasteiger partial charge < -0.3 is 20.5 Å². The number of rotatable bonds is 8. The van der Waals surface area contributed by atoms with Gasteiger partial charge >= 0.3 is 11.9 Å². The van der Waals surface area contributed by atoms with E-state index in [-0.39, 0.29) is 23.1 Å². The molecule has 2 atom stereocenters. The van der Waals surface area contributed by atoms with E-state index in [1.165, 1.54) is 18.9 Å². The number of thioether (sulfide) groups is 1. The van der Waals surface area contributed by atoms with Crippen LogP contribution in [0, 0.1) is 11.8 Å². The molecule has 2 unspecified atom stereocenters. The Morgan fingerprint density at radius 2 is 1.73 bits per heavy atom. The first-order valence-corrected chi connectivity index (χ1v) is 11.3. The molecule has 0 aromatic heterocycles. The van der Waals surface area contributed by atoms with Gasteiger partial charge in [-0.3, -0.25) is 14.4 Å². The minimum Gasteiger partial charge on any atom is -0.481 e. The van der Waals surface area contributed by atoms with E-state index >= 15 is 0 Å². The van der Waals surface area contributed by atoms with E-state index < -0.39 is 23.8 Å². The zero-order valence-corrected chi connectivity index (χ0v) is 18.8. The van der Waals surface area contributed by atoms with Crippen LogP contribution in [0.25, 0.3) is 0 Å². The molecule has 9 heteroatoms. The summed E-state index contributed by atoms with van der Waals surface area (Å²) in [6.07, 6.45) is 4.32. The van der Waals surface area contributed by atoms with Crippen LogP contribution in [0.4, 0.5) is 11.4 Å². The molecule has 2 aromatic carbocycles. The van der Waals surface area contributed by atoms with Gasteiger partial charge in [0.25, 0.3) is 0 Å². The summed E-state index contributed by atoms with van der Waals surface area (Å²) in [4.78, 5) is 49.1. The van der Waals surface area contributed by atoms with Gasteiger partial charge in [-0.2, -0.15) is 0 Å². The number of methoxy groups -OCH3 is 1. The average Bonchev–Trinajstić information content (AvgIpc) is 2.82. The predicted octanol–water partition coefficient (Wildman–Crippen LogP) is 3.81. The number of esters is 1. The van der Waals surface area contributed by atoms with Crippen molar-refractivity contribution in [2.75, 3.05) is 23.5 Å². The summed E-state index contributed by atoms with van der Waals surface area (Å²) in [5.74, 6) is -3.46. The van der Waals surface area contributed by atoms with Crippen molar-refractivity contribution in [1.29, 1.82) is 0 Å². The Morgan fingerprint density at radius 3 is 2.45 bits per heavy atom. The van der Waals surface area contributed by atoms with Crippen molar-refractivity contribution in [3.8, 4) is 0 Å². The monoisotopic (exact) mass is 468 g/mol. The molecule has 2 amide bonds. The number of anilines is 2. The molecule has 33 heavy (non-hydrogen) atoms. The van der Waals surface area contributed by atoms with E-state index in [1.54, 1.807) is 54.6 Å². The van der Waals surface area contributed by atoms with Gasteiger partial charge in [0.15, 0.2) is 0 Å². The summed E-state index contributed by atoms with van der Waals surface area (Å²) < 4.78 is 4.73. The van der Waals surface area contributed by atoms with Crippen LogP contribution in [-0.2, 0) is 19.1 Å². The second kappa shape index (κ2) is 11.3. The molecule has 2 aromatic rings. The fraction of sp³-hybridized carbons (Fsp3) is 0.250. The fourth-order valence-electron chi connectivity index (χ4n) is 3.49. The van der Waals surface area contributed by atoms with Crippen molar-refractivity contribution < 1.29 is 29.0 Å². The molecule has 0 fully saturated rings. The molecule has 0 saturated carbocycles. The highest BCUT2D eigenvalue weighted by atomic mass is 32.2. The van der Waals surface area contributed by atoms with Crippen molar-refractivity contribution in [3.05, 3.63) is 66.2 Å². The van der Waals surface area contributed by atoms with Crippen LogP contribution >= 0.6 is 11.8 Å². The molecule has 3 rings (SSSR count). The van der Waals surface area contributed by atoms with Crippen LogP contribution in [0.5, 0.6) is 0 Å². The van der Waals surface area contributed by atoms with Crippen LogP contribution in [0.2, 0.25) is 0 Å². The number of hydrogen-bond donors (Lipinski definition) is 3. The molecule has 0 saturated heterocycles. The van der Waals surface area contributed by atoms with Crippen LogP contribution in [0.3, 0.4) is 0 Å². The van der Waals surface area contributed by atoms with Gasteiger partial charge in [-0.05, 0) is 43.2 Å². The topological polar surface area (TPSA) is 122 Å². The molecule has 3 N–H and O–H groups in total. The van der Waals surface area contributed by atoms with Gasteiger partial charge in [0.1, 0.15) is 0 Å². The number of carbonyl (C=O) groups is 4. The molecule has 1 aliphatic rings. The molecule has 1 aliphatic carbocycles. The number of para-hydroxylation sites is 1. The summed E-state index contributed by atoms with van der Waals surface area (Å²) in [5, 5.41) is 14.9. The Kier molecular flexibility index (Phi) is 8.26. The number of ether oxygens (including phenoxy) is 1. The molecule has 0 bridgehead atoms. The Hall–Kier alpha value is -3.59. The van der Waals surface area contributed by atoms with E-state index in [4.69, 9.17) is 4.74 Å². The van der Waals surface area contributed by atoms with Gasteiger partial charge in [0.2, 0.25) is 11.8 Å².